The molecule has 0 fully saturated rings. The molecule has 0 bridgehead atoms. The van der Waals surface area contributed by atoms with E-state index in [9.17, 15) is 14.9 Å². The summed E-state index contributed by atoms with van der Waals surface area (Å²) >= 11 is 0. The Bertz CT molecular complexity index is 631. The van der Waals surface area contributed by atoms with Crippen molar-refractivity contribution in [2.24, 2.45) is 0 Å². The molecular weight excluding hydrogens is 280 g/mol. The summed E-state index contributed by atoms with van der Waals surface area (Å²) in [6.07, 6.45) is 1.98. The smallest absolute Gasteiger partial charge is 0.263 e. The third-order valence-electron chi connectivity index (χ3n) is 3.10. The van der Waals surface area contributed by atoms with Crippen LogP contribution in [0.15, 0.2) is 36.0 Å². The van der Waals surface area contributed by atoms with Crippen LogP contribution in [0.3, 0.4) is 0 Å². The predicted octanol–water partition coefficient (Wildman–Crippen LogP) is 1.94. The molecule has 1 unspecified atom stereocenters. The van der Waals surface area contributed by atoms with Gasteiger partial charge in [-0.25, -0.2) is 0 Å². The van der Waals surface area contributed by atoms with Gasteiger partial charge in [0.25, 0.3) is 5.91 Å². The van der Waals surface area contributed by atoms with Crippen molar-refractivity contribution in [1.82, 2.24) is 5.32 Å². The van der Waals surface area contributed by atoms with Gasteiger partial charge in [0, 0.05) is 24.9 Å². The van der Waals surface area contributed by atoms with Gasteiger partial charge in [0.05, 0.1) is 5.69 Å². The maximum absolute atomic E-state index is 12.0. The van der Waals surface area contributed by atoms with Crippen LogP contribution in [0.25, 0.3) is 0 Å². The topological polar surface area (TPSA) is 99.2 Å². The summed E-state index contributed by atoms with van der Waals surface area (Å²) in [5.74, 6) is -0.832. The Labute approximate surface area is 130 Å². The monoisotopic (exact) mass is 300 g/mol. The Morgan fingerprint density at radius 3 is 2.68 bits per heavy atom. The van der Waals surface area contributed by atoms with Crippen molar-refractivity contribution in [2.75, 3.05) is 10.6 Å². The molecule has 22 heavy (non-hydrogen) atoms. The number of nitrogens with zero attached hydrogens (tertiary/aromatic N) is 2. The second-order valence-electron chi connectivity index (χ2n) is 4.92. The van der Waals surface area contributed by atoms with E-state index >= 15 is 0 Å². The lowest BCUT2D eigenvalue weighted by atomic mass is 10.2. The Morgan fingerprint density at radius 1 is 1.50 bits per heavy atom. The maximum atomic E-state index is 12.0. The van der Waals surface area contributed by atoms with Crippen molar-refractivity contribution in [1.29, 1.82) is 5.26 Å². The molecule has 1 aromatic rings. The minimum atomic E-state index is -0.507. The fraction of sp³-hybridized carbons (Fsp3) is 0.312. The Kier molecular flexibility index (Phi) is 6.14. The number of nitrogen functional groups attached to an aromatic ring is 1. The Hall–Kier alpha value is -2.81. The van der Waals surface area contributed by atoms with Gasteiger partial charge in [-0.3, -0.25) is 14.5 Å². The molecule has 1 atom stereocenters. The summed E-state index contributed by atoms with van der Waals surface area (Å²) < 4.78 is 0. The summed E-state index contributed by atoms with van der Waals surface area (Å²) in [5.41, 5.74) is 6.54. The van der Waals surface area contributed by atoms with E-state index in [0.29, 0.717) is 11.4 Å². The number of rotatable bonds is 5. The highest BCUT2D eigenvalue weighted by Crippen LogP contribution is 2.19. The van der Waals surface area contributed by atoms with E-state index in [4.69, 9.17) is 5.73 Å². The molecule has 1 rings (SSSR count). The minimum absolute atomic E-state index is 0.0533. The van der Waals surface area contributed by atoms with Gasteiger partial charge in [-0.05, 0) is 31.5 Å². The third kappa shape index (κ3) is 4.63. The molecule has 2 amide bonds. The fourth-order valence-electron chi connectivity index (χ4n) is 1.69. The first-order chi connectivity index (χ1) is 10.4. The van der Waals surface area contributed by atoms with Crippen LogP contribution in [0.2, 0.25) is 0 Å². The van der Waals surface area contributed by atoms with Gasteiger partial charge in [0.15, 0.2) is 0 Å². The van der Waals surface area contributed by atoms with Gasteiger partial charge in [-0.15, -0.1) is 0 Å². The molecule has 0 spiro atoms. The lowest BCUT2D eigenvalue weighted by molar-refractivity contribution is -0.117. The van der Waals surface area contributed by atoms with Gasteiger partial charge >= 0.3 is 0 Å². The zero-order valence-corrected chi connectivity index (χ0v) is 13.0. The Balaban J connectivity index is 3.13. The second-order valence-corrected chi connectivity index (χ2v) is 4.92. The number of benzene rings is 1. The highest BCUT2D eigenvalue weighted by Gasteiger charge is 2.16. The van der Waals surface area contributed by atoms with E-state index in [2.05, 4.69) is 5.32 Å². The molecule has 1 aromatic carbocycles. The van der Waals surface area contributed by atoms with E-state index in [0.717, 1.165) is 6.42 Å². The first-order valence-corrected chi connectivity index (χ1v) is 6.97. The van der Waals surface area contributed by atoms with Gasteiger partial charge in [0.1, 0.15) is 11.6 Å². The molecule has 0 aromatic heterocycles. The van der Waals surface area contributed by atoms with E-state index < -0.39 is 5.91 Å². The molecule has 0 aliphatic heterocycles. The Morgan fingerprint density at radius 2 is 2.18 bits per heavy atom. The van der Waals surface area contributed by atoms with E-state index in [-0.39, 0.29) is 17.5 Å². The fourth-order valence-corrected chi connectivity index (χ4v) is 1.69. The average Bonchev–Trinajstić information content (AvgIpc) is 2.47. The number of anilines is 2. The maximum Gasteiger partial charge on any atom is 0.263 e. The van der Waals surface area contributed by atoms with Crippen LogP contribution in [0, 0.1) is 11.3 Å². The first kappa shape index (κ1) is 17.2. The first-order valence-electron chi connectivity index (χ1n) is 6.97. The predicted molar refractivity (Wildman–Crippen MR) is 85.6 cm³/mol. The normalized spacial score (nSPS) is 12.2. The van der Waals surface area contributed by atoms with Gasteiger partial charge in [-0.1, -0.05) is 13.0 Å². The number of amides is 2. The summed E-state index contributed by atoms with van der Waals surface area (Å²) in [6, 6.07) is 8.43. The van der Waals surface area contributed by atoms with Crippen molar-refractivity contribution in [3.8, 4) is 6.07 Å². The number of hydrogen-bond acceptors (Lipinski definition) is 4. The summed E-state index contributed by atoms with van der Waals surface area (Å²) in [6.45, 7) is 5.12. The number of carbonyl (C=O) groups excluding carboxylic acids is 2. The van der Waals surface area contributed by atoms with Crippen LogP contribution in [0.5, 0.6) is 0 Å². The molecule has 0 aliphatic rings. The van der Waals surface area contributed by atoms with Gasteiger partial charge < -0.3 is 11.1 Å². The summed E-state index contributed by atoms with van der Waals surface area (Å²) in [4.78, 5) is 25.1. The lowest BCUT2D eigenvalue weighted by Crippen LogP contribution is -2.34. The van der Waals surface area contributed by atoms with E-state index in [1.165, 1.54) is 18.0 Å². The van der Waals surface area contributed by atoms with Crippen LogP contribution >= 0.6 is 0 Å². The second kappa shape index (κ2) is 7.84. The number of nitriles is 1. The zero-order valence-electron chi connectivity index (χ0n) is 13.0. The number of hydrogen-bond donors (Lipinski definition) is 2. The van der Waals surface area contributed by atoms with Crippen LogP contribution in [0.1, 0.15) is 27.2 Å². The molecular formula is C16H20N4O2. The van der Waals surface area contributed by atoms with Crippen LogP contribution in [-0.4, -0.2) is 17.9 Å². The van der Waals surface area contributed by atoms with Crippen molar-refractivity contribution < 1.29 is 9.59 Å². The lowest BCUT2D eigenvalue weighted by Gasteiger charge is -2.18. The standard InChI is InChI=1S/C16H20N4O2/c1-4-11(2)19-16(22)13(9-17)10-20(12(3)21)15-7-5-6-14(18)8-15/h5-8,10-11H,4,18H2,1-3H3,(H,19,22)/b13-10-. The highest BCUT2D eigenvalue weighted by molar-refractivity contribution is 6.01. The van der Waals surface area contributed by atoms with Crippen LogP contribution < -0.4 is 16.0 Å². The van der Waals surface area contributed by atoms with Gasteiger partial charge in [-0.2, -0.15) is 5.26 Å². The van der Waals surface area contributed by atoms with Crippen LogP contribution in [-0.2, 0) is 9.59 Å². The largest absolute Gasteiger partial charge is 0.399 e. The summed E-state index contributed by atoms with van der Waals surface area (Å²) in [7, 11) is 0. The van der Waals surface area contributed by atoms with Gasteiger partial charge in [0.2, 0.25) is 5.91 Å². The molecule has 0 saturated carbocycles. The molecule has 116 valence electrons. The molecule has 0 saturated heterocycles. The summed E-state index contributed by atoms with van der Waals surface area (Å²) in [5, 5.41) is 11.9. The quantitative estimate of drug-likeness (QED) is 0.493. The number of carbonyl (C=O) groups is 2. The molecule has 3 N–H and O–H groups in total. The van der Waals surface area contributed by atoms with Crippen molar-refractivity contribution in [2.45, 2.75) is 33.2 Å². The average molecular weight is 300 g/mol. The van der Waals surface area contributed by atoms with E-state index in [1.54, 1.807) is 24.3 Å². The van der Waals surface area contributed by atoms with Crippen molar-refractivity contribution in [3.05, 3.63) is 36.0 Å². The SMILES string of the molecule is CCC(C)NC(=O)/C(C#N)=C\N(C(C)=O)c1cccc(N)c1. The van der Waals surface area contributed by atoms with Crippen LogP contribution in [0.4, 0.5) is 11.4 Å². The van der Waals surface area contributed by atoms with Crippen molar-refractivity contribution in [3.63, 3.8) is 0 Å². The number of nitrogens with one attached hydrogen (secondary N) is 1. The molecule has 6 heteroatoms. The zero-order chi connectivity index (χ0) is 16.7. The molecule has 0 radical (unpaired) electrons. The molecule has 0 heterocycles. The molecule has 6 nitrogen and oxygen atoms in total. The number of nitrogens with two attached hydrogens (primary N) is 1. The minimum Gasteiger partial charge on any atom is -0.399 e. The van der Waals surface area contributed by atoms with Crippen molar-refractivity contribution >= 4 is 23.2 Å². The third-order valence-corrected chi connectivity index (χ3v) is 3.10. The molecule has 0 aliphatic carbocycles. The highest BCUT2D eigenvalue weighted by atomic mass is 16.2. The van der Waals surface area contributed by atoms with E-state index in [1.807, 2.05) is 19.9 Å².